The van der Waals surface area contributed by atoms with E-state index in [1.54, 1.807) is 10.9 Å². The highest BCUT2D eigenvalue weighted by atomic mass is 16.3. The van der Waals surface area contributed by atoms with E-state index in [9.17, 15) is 4.79 Å². The molecule has 0 saturated carbocycles. The highest BCUT2D eigenvalue weighted by Gasteiger charge is 2.07. The molecule has 0 saturated heterocycles. The number of aryl methyl sites for hydroxylation is 2. The van der Waals surface area contributed by atoms with E-state index in [-0.39, 0.29) is 18.7 Å². The summed E-state index contributed by atoms with van der Waals surface area (Å²) in [6.45, 7) is 6.22. The van der Waals surface area contributed by atoms with Gasteiger partial charge in [0.05, 0.1) is 5.69 Å². The average Bonchev–Trinajstić information content (AvgIpc) is 2.84. The van der Waals surface area contributed by atoms with Gasteiger partial charge in [0.25, 0.3) is 0 Å². The number of aromatic nitrogens is 3. The van der Waals surface area contributed by atoms with Crippen molar-refractivity contribution in [3.8, 4) is 5.82 Å². The van der Waals surface area contributed by atoms with Crippen molar-refractivity contribution in [1.29, 1.82) is 0 Å². The zero-order valence-corrected chi connectivity index (χ0v) is 13.7. The largest absolute Gasteiger partial charge is 0.396 e. The number of nitrogens with one attached hydrogen (secondary N) is 2. The SMILES string of the molecule is Cc1cc(C)n(-c2ccc(CNC(=O)N[C@H](C)CCO)cn2)n1. The van der Waals surface area contributed by atoms with Gasteiger partial charge in [0.1, 0.15) is 0 Å². The van der Waals surface area contributed by atoms with Crippen molar-refractivity contribution in [2.75, 3.05) is 6.61 Å². The van der Waals surface area contributed by atoms with Crippen LogP contribution in [0.2, 0.25) is 0 Å². The van der Waals surface area contributed by atoms with Crippen molar-refractivity contribution >= 4 is 6.03 Å². The first-order valence-corrected chi connectivity index (χ1v) is 7.63. The van der Waals surface area contributed by atoms with Gasteiger partial charge in [-0.15, -0.1) is 0 Å². The summed E-state index contributed by atoms with van der Waals surface area (Å²) < 4.78 is 1.79. The highest BCUT2D eigenvalue weighted by molar-refractivity contribution is 5.74. The maximum atomic E-state index is 11.7. The highest BCUT2D eigenvalue weighted by Crippen LogP contribution is 2.10. The quantitative estimate of drug-likeness (QED) is 0.752. The number of hydrogen-bond acceptors (Lipinski definition) is 4. The Morgan fingerprint density at radius 2 is 2.17 bits per heavy atom. The first-order chi connectivity index (χ1) is 11.0. The number of aliphatic hydroxyl groups excluding tert-OH is 1. The Labute approximate surface area is 135 Å². The standard InChI is InChI=1S/C16H23N5O2/c1-11(6-7-22)19-16(23)18-10-14-4-5-15(17-9-14)21-13(3)8-12(2)20-21/h4-5,8-9,11,22H,6-7,10H2,1-3H3,(H2,18,19,23)/t11-/m1/s1. The Balaban J connectivity index is 1.90. The molecule has 1 atom stereocenters. The van der Waals surface area contributed by atoms with Gasteiger partial charge in [-0.25, -0.2) is 14.5 Å². The monoisotopic (exact) mass is 317 g/mol. The minimum atomic E-state index is -0.256. The number of amides is 2. The summed E-state index contributed by atoms with van der Waals surface area (Å²) in [5.41, 5.74) is 2.88. The summed E-state index contributed by atoms with van der Waals surface area (Å²) in [6, 6.07) is 5.47. The van der Waals surface area contributed by atoms with Crippen LogP contribution in [0.3, 0.4) is 0 Å². The van der Waals surface area contributed by atoms with E-state index in [0.29, 0.717) is 13.0 Å². The summed E-state index contributed by atoms with van der Waals surface area (Å²) in [4.78, 5) is 16.1. The number of carbonyl (C=O) groups is 1. The van der Waals surface area contributed by atoms with Crippen LogP contribution in [0.4, 0.5) is 4.79 Å². The van der Waals surface area contributed by atoms with E-state index in [0.717, 1.165) is 22.8 Å². The molecule has 0 aliphatic heterocycles. The number of nitrogens with zero attached hydrogens (tertiary/aromatic N) is 3. The van der Waals surface area contributed by atoms with Gasteiger partial charge in [-0.05, 0) is 44.9 Å². The van der Waals surface area contributed by atoms with Crippen LogP contribution in [0.25, 0.3) is 5.82 Å². The third kappa shape index (κ3) is 4.79. The minimum Gasteiger partial charge on any atom is -0.396 e. The van der Waals surface area contributed by atoms with E-state index < -0.39 is 0 Å². The lowest BCUT2D eigenvalue weighted by atomic mass is 10.2. The number of urea groups is 1. The molecule has 23 heavy (non-hydrogen) atoms. The minimum absolute atomic E-state index is 0.0547. The second-order valence-electron chi connectivity index (χ2n) is 5.60. The van der Waals surface area contributed by atoms with Gasteiger partial charge >= 0.3 is 6.03 Å². The van der Waals surface area contributed by atoms with Crippen LogP contribution < -0.4 is 10.6 Å². The van der Waals surface area contributed by atoms with Crippen molar-refractivity contribution < 1.29 is 9.90 Å². The molecule has 2 amide bonds. The normalized spacial score (nSPS) is 12.0. The van der Waals surface area contributed by atoms with Crippen LogP contribution in [-0.4, -0.2) is 38.6 Å². The van der Waals surface area contributed by atoms with Crippen LogP contribution >= 0.6 is 0 Å². The molecule has 0 spiro atoms. The first kappa shape index (κ1) is 17.0. The van der Waals surface area contributed by atoms with Gasteiger partial charge < -0.3 is 15.7 Å². The van der Waals surface area contributed by atoms with Crippen LogP contribution in [-0.2, 0) is 6.54 Å². The van der Waals surface area contributed by atoms with Crippen molar-refractivity contribution in [2.45, 2.75) is 39.8 Å². The maximum absolute atomic E-state index is 11.7. The number of hydrogen-bond donors (Lipinski definition) is 3. The van der Waals surface area contributed by atoms with Gasteiger partial charge in [-0.2, -0.15) is 5.10 Å². The Hall–Kier alpha value is -2.41. The molecule has 0 aromatic carbocycles. The number of aliphatic hydroxyl groups is 1. The Kier molecular flexibility index (Phi) is 5.70. The second kappa shape index (κ2) is 7.73. The molecule has 0 bridgehead atoms. The Morgan fingerprint density at radius 3 is 2.74 bits per heavy atom. The number of rotatable bonds is 6. The molecule has 7 heteroatoms. The third-order valence-electron chi connectivity index (χ3n) is 3.43. The Bertz CT molecular complexity index is 651. The van der Waals surface area contributed by atoms with E-state index in [2.05, 4.69) is 20.7 Å². The van der Waals surface area contributed by atoms with E-state index in [1.165, 1.54) is 0 Å². The zero-order chi connectivity index (χ0) is 16.8. The molecule has 0 fully saturated rings. The van der Waals surface area contributed by atoms with Gasteiger partial charge in [-0.1, -0.05) is 6.07 Å². The third-order valence-corrected chi connectivity index (χ3v) is 3.43. The summed E-state index contributed by atoms with van der Waals surface area (Å²) in [7, 11) is 0. The molecule has 2 aromatic heterocycles. The lowest BCUT2D eigenvalue weighted by molar-refractivity contribution is 0.230. The summed E-state index contributed by atoms with van der Waals surface area (Å²) in [6.07, 6.45) is 2.26. The molecule has 0 aliphatic rings. The maximum Gasteiger partial charge on any atom is 0.315 e. The van der Waals surface area contributed by atoms with Crippen LogP contribution in [0.1, 0.15) is 30.3 Å². The molecule has 2 aromatic rings. The van der Waals surface area contributed by atoms with E-state index in [4.69, 9.17) is 5.11 Å². The zero-order valence-electron chi connectivity index (χ0n) is 13.7. The topological polar surface area (TPSA) is 92.1 Å². The average molecular weight is 317 g/mol. The lowest BCUT2D eigenvalue weighted by Gasteiger charge is -2.13. The van der Waals surface area contributed by atoms with E-state index >= 15 is 0 Å². The molecular weight excluding hydrogens is 294 g/mol. The number of carbonyl (C=O) groups excluding carboxylic acids is 1. The van der Waals surface area contributed by atoms with Gasteiger partial charge in [-0.3, -0.25) is 0 Å². The fourth-order valence-corrected chi connectivity index (χ4v) is 2.23. The van der Waals surface area contributed by atoms with Gasteiger partial charge in [0.15, 0.2) is 5.82 Å². The summed E-state index contributed by atoms with van der Waals surface area (Å²) >= 11 is 0. The predicted octanol–water partition coefficient (Wildman–Crippen LogP) is 1.45. The Morgan fingerprint density at radius 1 is 1.39 bits per heavy atom. The molecule has 2 rings (SSSR count). The van der Waals surface area contributed by atoms with E-state index in [1.807, 2.05) is 39.0 Å². The molecule has 0 radical (unpaired) electrons. The van der Waals surface area contributed by atoms with Crippen LogP contribution in [0.15, 0.2) is 24.4 Å². The van der Waals surface area contributed by atoms with Crippen molar-refractivity contribution in [1.82, 2.24) is 25.4 Å². The van der Waals surface area contributed by atoms with Gasteiger partial charge in [0.2, 0.25) is 0 Å². The fourth-order valence-electron chi connectivity index (χ4n) is 2.23. The molecule has 124 valence electrons. The first-order valence-electron chi connectivity index (χ1n) is 7.63. The van der Waals surface area contributed by atoms with Crippen molar-refractivity contribution in [3.05, 3.63) is 41.3 Å². The summed E-state index contributed by atoms with van der Waals surface area (Å²) in [5, 5.41) is 18.7. The van der Waals surface area contributed by atoms with Crippen LogP contribution in [0.5, 0.6) is 0 Å². The molecule has 7 nitrogen and oxygen atoms in total. The molecule has 3 N–H and O–H groups in total. The fraction of sp³-hybridized carbons (Fsp3) is 0.438. The molecule has 2 heterocycles. The van der Waals surface area contributed by atoms with Crippen molar-refractivity contribution in [2.24, 2.45) is 0 Å². The van der Waals surface area contributed by atoms with Crippen molar-refractivity contribution in [3.63, 3.8) is 0 Å². The molecular formula is C16H23N5O2. The smallest absolute Gasteiger partial charge is 0.315 e. The number of pyridine rings is 1. The predicted molar refractivity (Wildman–Crippen MR) is 87.4 cm³/mol. The second-order valence-corrected chi connectivity index (χ2v) is 5.60. The molecule has 0 aliphatic carbocycles. The van der Waals surface area contributed by atoms with Gasteiger partial charge in [0, 0.05) is 31.1 Å². The van der Waals surface area contributed by atoms with Crippen LogP contribution in [0, 0.1) is 13.8 Å². The lowest BCUT2D eigenvalue weighted by Crippen LogP contribution is -2.40. The molecule has 0 unspecified atom stereocenters. The summed E-state index contributed by atoms with van der Waals surface area (Å²) in [5.74, 6) is 0.750.